The monoisotopic (exact) mass is 297 g/mol. The summed E-state index contributed by atoms with van der Waals surface area (Å²) in [6.45, 7) is 6.78. The van der Waals surface area contributed by atoms with E-state index in [1.165, 1.54) is 0 Å². The summed E-state index contributed by atoms with van der Waals surface area (Å²) in [7, 11) is 2.11. The quantitative estimate of drug-likeness (QED) is 0.875. The Balaban J connectivity index is 2.03. The van der Waals surface area contributed by atoms with Gasteiger partial charge in [-0.15, -0.1) is 0 Å². The van der Waals surface area contributed by atoms with Crippen molar-refractivity contribution in [3.63, 3.8) is 0 Å². The van der Waals surface area contributed by atoms with Crippen LogP contribution in [0.3, 0.4) is 0 Å². The number of halogens is 1. The lowest BCUT2D eigenvalue weighted by Crippen LogP contribution is -2.36. The van der Waals surface area contributed by atoms with Gasteiger partial charge >= 0.3 is 0 Å². The van der Waals surface area contributed by atoms with Crippen molar-refractivity contribution < 1.29 is 4.74 Å². The van der Waals surface area contributed by atoms with Crippen molar-refractivity contribution in [2.75, 3.05) is 25.5 Å². The van der Waals surface area contributed by atoms with Crippen LogP contribution in [0.25, 0.3) is 0 Å². The second kappa shape index (κ2) is 7.25. The molecular weight excluding hydrogens is 274 g/mol. The normalized spacial score (nSPS) is 22.4. The van der Waals surface area contributed by atoms with E-state index in [0.717, 1.165) is 49.1 Å². The van der Waals surface area contributed by atoms with Crippen molar-refractivity contribution in [3.05, 3.63) is 22.8 Å². The highest BCUT2D eigenvalue weighted by Gasteiger charge is 2.28. The number of hydrogen-bond acceptors (Lipinski definition) is 4. The fourth-order valence-corrected chi connectivity index (χ4v) is 2.76. The predicted octanol–water partition coefficient (Wildman–Crippen LogP) is 3.17. The Morgan fingerprint density at radius 1 is 1.50 bits per heavy atom. The highest BCUT2D eigenvalue weighted by Crippen LogP contribution is 2.23. The molecule has 4 nitrogen and oxygen atoms in total. The Kier molecular flexibility index (Phi) is 5.64. The van der Waals surface area contributed by atoms with Crippen molar-refractivity contribution in [1.82, 2.24) is 9.88 Å². The van der Waals surface area contributed by atoms with E-state index in [-0.39, 0.29) is 6.10 Å². The summed E-state index contributed by atoms with van der Waals surface area (Å²) in [5.41, 5.74) is 0.925. The van der Waals surface area contributed by atoms with Gasteiger partial charge in [-0.25, -0.2) is 4.98 Å². The van der Waals surface area contributed by atoms with Crippen LogP contribution in [0.2, 0.25) is 5.02 Å². The van der Waals surface area contributed by atoms with Crippen molar-refractivity contribution in [2.24, 2.45) is 0 Å². The molecule has 1 saturated heterocycles. The maximum Gasteiger partial charge on any atom is 0.126 e. The van der Waals surface area contributed by atoms with Gasteiger partial charge in [0.05, 0.1) is 16.8 Å². The molecule has 1 aromatic heterocycles. The molecule has 0 radical (unpaired) electrons. The van der Waals surface area contributed by atoms with Gasteiger partial charge in [-0.1, -0.05) is 18.5 Å². The second-order valence-electron chi connectivity index (χ2n) is 5.40. The summed E-state index contributed by atoms with van der Waals surface area (Å²) in [5.74, 6) is 0.898. The number of anilines is 1. The van der Waals surface area contributed by atoms with E-state index in [9.17, 15) is 0 Å². The molecule has 0 spiro atoms. The van der Waals surface area contributed by atoms with Crippen LogP contribution >= 0.6 is 11.6 Å². The van der Waals surface area contributed by atoms with E-state index in [0.29, 0.717) is 6.04 Å². The maximum absolute atomic E-state index is 6.27. The number of nitrogens with zero attached hydrogens (tertiary/aromatic N) is 2. The first-order valence-electron chi connectivity index (χ1n) is 7.33. The van der Waals surface area contributed by atoms with Crippen LogP contribution < -0.4 is 5.32 Å². The van der Waals surface area contributed by atoms with E-state index >= 15 is 0 Å². The first-order valence-corrected chi connectivity index (χ1v) is 7.70. The van der Waals surface area contributed by atoms with Crippen LogP contribution in [0.4, 0.5) is 5.82 Å². The lowest BCUT2D eigenvalue weighted by molar-refractivity contribution is 0.0810. The highest BCUT2D eigenvalue weighted by molar-refractivity contribution is 6.31. The number of aromatic nitrogens is 1. The maximum atomic E-state index is 6.27. The summed E-state index contributed by atoms with van der Waals surface area (Å²) in [6, 6.07) is 4.30. The molecule has 2 rings (SSSR count). The molecule has 1 aliphatic heterocycles. The third-order valence-corrected chi connectivity index (χ3v) is 4.12. The number of pyridine rings is 1. The summed E-state index contributed by atoms with van der Waals surface area (Å²) in [5, 5.41) is 4.03. The van der Waals surface area contributed by atoms with Gasteiger partial charge in [0.1, 0.15) is 5.82 Å². The molecule has 1 N–H and O–H groups in total. The summed E-state index contributed by atoms with van der Waals surface area (Å²) in [4.78, 5) is 6.91. The molecule has 1 aliphatic rings. The zero-order chi connectivity index (χ0) is 14.5. The Labute approximate surface area is 126 Å². The minimum Gasteiger partial charge on any atom is -0.377 e. The van der Waals surface area contributed by atoms with Crippen molar-refractivity contribution >= 4 is 17.4 Å². The molecule has 20 heavy (non-hydrogen) atoms. The topological polar surface area (TPSA) is 37.4 Å². The number of ether oxygens (including phenoxy) is 1. The van der Waals surface area contributed by atoms with E-state index < -0.39 is 0 Å². The summed E-state index contributed by atoms with van der Waals surface area (Å²) >= 11 is 6.27. The molecule has 2 heterocycles. The molecule has 1 fully saturated rings. The Bertz CT molecular complexity index is 441. The average Bonchev–Trinajstić information content (AvgIpc) is 2.86. The number of nitrogens with one attached hydrogen (secondary N) is 1. The number of rotatable bonds is 6. The van der Waals surface area contributed by atoms with Crippen LogP contribution in [0.5, 0.6) is 0 Å². The van der Waals surface area contributed by atoms with Crippen molar-refractivity contribution in [1.29, 1.82) is 0 Å². The van der Waals surface area contributed by atoms with Gasteiger partial charge in [-0.05, 0) is 38.9 Å². The van der Waals surface area contributed by atoms with Gasteiger partial charge in [0, 0.05) is 25.7 Å². The van der Waals surface area contributed by atoms with Gasteiger partial charge in [0.2, 0.25) is 0 Å². The van der Waals surface area contributed by atoms with Gasteiger partial charge in [0.15, 0.2) is 0 Å². The van der Waals surface area contributed by atoms with Crippen LogP contribution in [-0.2, 0) is 11.3 Å². The minimum absolute atomic E-state index is 0.278. The molecule has 2 atom stereocenters. The van der Waals surface area contributed by atoms with Crippen molar-refractivity contribution in [2.45, 2.75) is 45.4 Å². The zero-order valence-corrected chi connectivity index (χ0v) is 13.3. The standard InChI is InChI=1S/C15H24ClN3O/c1-4-8-17-15-6-5-12(16)13(18-15)10-19(3)14-7-9-20-11(14)2/h5-6,11,14H,4,7-10H2,1-3H3,(H,17,18). The zero-order valence-electron chi connectivity index (χ0n) is 12.5. The molecule has 0 saturated carbocycles. The van der Waals surface area contributed by atoms with Crippen LogP contribution in [-0.4, -0.2) is 42.2 Å². The van der Waals surface area contributed by atoms with E-state index in [4.69, 9.17) is 16.3 Å². The average molecular weight is 298 g/mol. The smallest absolute Gasteiger partial charge is 0.126 e. The largest absolute Gasteiger partial charge is 0.377 e. The fraction of sp³-hybridized carbons (Fsp3) is 0.667. The number of likely N-dealkylation sites (N-methyl/N-ethyl adjacent to an activating group) is 1. The minimum atomic E-state index is 0.278. The lowest BCUT2D eigenvalue weighted by Gasteiger charge is -2.26. The van der Waals surface area contributed by atoms with Crippen LogP contribution in [0.15, 0.2) is 12.1 Å². The highest BCUT2D eigenvalue weighted by atomic mass is 35.5. The first-order chi connectivity index (χ1) is 9.61. The number of hydrogen-bond donors (Lipinski definition) is 1. The molecule has 5 heteroatoms. The molecule has 0 amide bonds. The van der Waals surface area contributed by atoms with Crippen LogP contribution in [0.1, 0.15) is 32.4 Å². The molecule has 0 bridgehead atoms. The predicted molar refractivity (Wildman–Crippen MR) is 83.3 cm³/mol. The third-order valence-electron chi connectivity index (χ3n) is 3.78. The van der Waals surface area contributed by atoms with Gasteiger partial charge in [0.25, 0.3) is 0 Å². The van der Waals surface area contributed by atoms with E-state index in [1.54, 1.807) is 0 Å². The molecule has 112 valence electrons. The molecule has 1 aromatic rings. The fourth-order valence-electron chi connectivity index (χ4n) is 2.60. The van der Waals surface area contributed by atoms with E-state index in [1.807, 2.05) is 12.1 Å². The third kappa shape index (κ3) is 3.84. The summed E-state index contributed by atoms with van der Waals surface area (Å²) in [6.07, 6.45) is 2.43. The van der Waals surface area contributed by atoms with Crippen LogP contribution in [0, 0.1) is 0 Å². The molecular formula is C15H24ClN3O. The first kappa shape index (κ1) is 15.5. The Morgan fingerprint density at radius 3 is 2.95 bits per heavy atom. The second-order valence-corrected chi connectivity index (χ2v) is 5.81. The molecule has 0 aliphatic carbocycles. The van der Waals surface area contributed by atoms with Gasteiger partial charge in [-0.3, -0.25) is 4.90 Å². The lowest BCUT2D eigenvalue weighted by atomic mass is 10.1. The summed E-state index contributed by atoms with van der Waals surface area (Å²) < 4.78 is 5.62. The van der Waals surface area contributed by atoms with E-state index in [2.05, 4.69) is 36.1 Å². The molecule has 0 aromatic carbocycles. The van der Waals surface area contributed by atoms with Gasteiger partial charge in [-0.2, -0.15) is 0 Å². The SMILES string of the molecule is CCCNc1ccc(Cl)c(CN(C)C2CCOC2C)n1. The van der Waals surface area contributed by atoms with Crippen molar-refractivity contribution in [3.8, 4) is 0 Å². The Morgan fingerprint density at radius 2 is 2.30 bits per heavy atom. The molecule has 2 unspecified atom stereocenters. The van der Waals surface area contributed by atoms with Gasteiger partial charge < -0.3 is 10.1 Å². The Hall–Kier alpha value is -0.840.